The highest BCUT2D eigenvalue weighted by Crippen LogP contribution is 2.63. The highest BCUT2D eigenvalue weighted by molar-refractivity contribution is 9.13. The van der Waals surface area contributed by atoms with E-state index in [0.717, 1.165) is 0 Å². The summed E-state index contributed by atoms with van der Waals surface area (Å²) in [6.45, 7) is 0.490. The SMILES string of the molecule is NC1=N[C@@H](O)[C@@]2(N1)[C@@H](Cl)[C@H](CNC(=O)c1cc(Br)c(Br)[nH]1)[C@H]1CN3C(=O)c4cccn4[C@@H]4N=C(N)N[C@@]43[C@@H]12. The summed E-state index contributed by atoms with van der Waals surface area (Å²) in [7, 11) is 0. The van der Waals surface area contributed by atoms with Crippen LogP contribution >= 0.6 is 43.5 Å². The molecule has 1 saturated carbocycles. The maximum atomic E-state index is 13.8. The van der Waals surface area contributed by atoms with E-state index in [4.69, 9.17) is 23.1 Å². The van der Waals surface area contributed by atoms with Gasteiger partial charge in [0.05, 0.1) is 14.5 Å². The van der Waals surface area contributed by atoms with E-state index in [1.807, 2.05) is 0 Å². The lowest BCUT2D eigenvalue weighted by molar-refractivity contribution is -0.0269. The number of rotatable bonds is 3. The zero-order chi connectivity index (χ0) is 26.7. The lowest BCUT2D eigenvalue weighted by Gasteiger charge is -2.51. The van der Waals surface area contributed by atoms with Gasteiger partial charge in [0.2, 0.25) is 0 Å². The first-order valence-electron chi connectivity index (χ1n) is 12.0. The summed E-state index contributed by atoms with van der Waals surface area (Å²) in [6.07, 6.45) is -0.103. The van der Waals surface area contributed by atoms with Crippen LogP contribution < -0.4 is 27.4 Å². The van der Waals surface area contributed by atoms with Gasteiger partial charge in [-0.2, -0.15) is 0 Å². The second-order valence-corrected chi connectivity index (χ2v) is 12.4. The topological polar surface area (TPSA) is 191 Å². The Labute approximate surface area is 237 Å². The third-order valence-corrected chi connectivity index (χ3v) is 11.1. The summed E-state index contributed by atoms with van der Waals surface area (Å²) in [5, 5.41) is 20.1. The van der Waals surface area contributed by atoms with Crippen molar-refractivity contribution in [2.75, 3.05) is 13.1 Å². The molecule has 1 aliphatic carbocycles. The average molecular weight is 671 g/mol. The number of nitrogens with zero attached hydrogens (tertiary/aromatic N) is 4. The third kappa shape index (κ3) is 2.85. The molecule has 16 heteroatoms. The Hall–Kier alpha value is -2.75. The van der Waals surface area contributed by atoms with Gasteiger partial charge < -0.3 is 47.0 Å². The fourth-order valence-corrected chi connectivity index (χ4v) is 8.56. The van der Waals surface area contributed by atoms with E-state index < -0.39 is 34.9 Å². The molecule has 6 heterocycles. The van der Waals surface area contributed by atoms with E-state index in [0.29, 0.717) is 27.0 Å². The first-order valence-corrected chi connectivity index (χ1v) is 14.0. The Morgan fingerprint density at radius 2 is 2.05 bits per heavy atom. The number of fused-ring (bicyclic) bond motifs is 4. The van der Waals surface area contributed by atoms with Gasteiger partial charge in [-0.15, -0.1) is 11.6 Å². The number of halogens is 3. The molecule has 2 aromatic rings. The molecule has 8 atom stereocenters. The summed E-state index contributed by atoms with van der Waals surface area (Å²) in [5.41, 5.74) is 10.8. The number of carbonyl (C=O) groups is 2. The van der Waals surface area contributed by atoms with Crippen LogP contribution in [0.1, 0.15) is 27.1 Å². The Bertz CT molecular complexity index is 1440. The molecule has 0 radical (unpaired) electrons. The number of carbonyl (C=O) groups excluding carboxylic acids is 2. The number of aromatic nitrogens is 2. The zero-order valence-corrected chi connectivity index (χ0v) is 23.5. The third-order valence-electron chi connectivity index (χ3n) is 8.63. The summed E-state index contributed by atoms with van der Waals surface area (Å²) in [5.74, 6) is -1.45. The fourth-order valence-electron chi connectivity index (χ4n) is 7.33. The van der Waals surface area contributed by atoms with E-state index in [9.17, 15) is 14.7 Å². The summed E-state index contributed by atoms with van der Waals surface area (Å²) < 4.78 is 3.16. The van der Waals surface area contributed by atoms with Gasteiger partial charge in [0, 0.05) is 31.1 Å². The second-order valence-electron chi connectivity index (χ2n) is 10.3. The number of amides is 2. The van der Waals surface area contributed by atoms with Crippen molar-refractivity contribution in [1.29, 1.82) is 0 Å². The van der Waals surface area contributed by atoms with Crippen LogP contribution in [0.15, 0.2) is 43.5 Å². The van der Waals surface area contributed by atoms with Gasteiger partial charge in [-0.1, -0.05) is 0 Å². The van der Waals surface area contributed by atoms with Crippen LogP contribution in [0, 0.1) is 17.8 Å². The number of hydrogen-bond donors (Lipinski definition) is 7. The van der Waals surface area contributed by atoms with Crippen molar-refractivity contribution in [2.45, 2.75) is 29.0 Å². The second kappa shape index (κ2) is 7.90. The smallest absolute Gasteiger partial charge is 0.272 e. The molecule has 0 unspecified atom stereocenters. The molecule has 2 aromatic heterocycles. The number of aliphatic hydroxyl groups excluding tert-OH is 1. The number of aliphatic hydroxyl groups is 1. The number of hydrogen-bond acceptors (Lipinski definition) is 9. The van der Waals surface area contributed by atoms with E-state index >= 15 is 0 Å². The summed E-state index contributed by atoms with van der Waals surface area (Å²) >= 11 is 13.9. The molecule has 2 amide bonds. The lowest BCUT2D eigenvalue weighted by atomic mass is 9.73. The molecule has 13 nitrogen and oxygen atoms in total. The first-order chi connectivity index (χ1) is 18.1. The van der Waals surface area contributed by atoms with Gasteiger partial charge in [0.1, 0.15) is 16.9 Å². The standard InChI is InChI=1S/C22H23Br2ClN10O3/c23-9-4-10(29-14(9)24)15(36)28-5-7-8-6-35-16(37)11-2-1-3-34(11)17-22(35,33-19(26)30-17)12(8)21(13(7)25)18(38)31-20(27)32-21/h1-4,7-8,12-13,17-18,29,38H,5-6H2,(H,28,36)(H3,26,30,33)(H3,27,31,32)/t7-,8-,12+,13+,17+,18+,21+,22-/m1/s1. The van der Waals surface area contributed by atoms with Crippen molar-refractivity contribution in [2.24, 2.45) is 39.2 Å². The van der Waals surface area contributed by atoms with Crippen LogP contribution in [-0.4, -0.2) is 79.2 Å². The minimum atomic E-state index is -1.30. The van der Waals surface area contributed by atoms with Crippen molar-refractivity contribution < 1.29 is 14.7 Å². The van der Waals surface area contributed by atoms with E-state index in [-0.39, 0.29) is 42.1 Å². The maximum Gasteiger partial charge on any atom is 0.272 e. The first kappa shape index (κ1) is 24.3. The van der Waals surface area contributed by atoms with Crippen molar-refractivity contribution in [3.05, 3.63) is 44.9 Å². The Balaban J connectivity index is 1.30. The number of guanidine groups is 2. The van der Waals surface area contributed by atoms with Gasteiger partial charge in [-0.05, 0) is 56.0 Å². The van der Waals surface area contributed by atoms with Crippen LogP contribution in [0.2, 0.25) is 0 Å². The Morgan fingerprint density at radius 3 is 2.74 bits per heavy atom. The maximum absolute atomic E-state index is 13.8. The van der Waals surface area contributed by atoms with Gasteiger partial charge in [-0.3, -0.25) is 9.59 Å². The molecule has 9 N–H and O–H groups in total. The molecule has 5 aliphatic rings. The Kier molecular flexibility index (Phi) is 5.05. The van der Waals surface area contributed by atoms with Gasteiger partial charge >= 0.3 is 0 Å². The number of aromatic amines is 1. The van der Waals surface area contributed by atoms with Crippen molar-refractivity contribution in [1.82, 2.24) is 30.4 Å². The molecule has 38 heavy (non-hydrogen) atoms. The average Bonchev–Trinajstić information content (AvgIpc) is 3.67. The van der Waals surface area contributed by atoms with Crippen LogP contribution in [0.5, 0.6) is 0 Å². The highest BCUT2D eigenvalue weighted by Gasteiger charge is 2.79. The fraction of sp³-hybridized carbons (Fsp3) is 0.455. The van der Waals surface area contributed by atoms with Gasteiger partial charge in [0.25, 0.3) is 11.8 Å². The van der Waals surface area contributed by atoms with Gasteiger partial charge in [-0.25, -0.2) is 9.98 Å². The minimum absolute atomic E-state index is 0.0507. The largest absolute Gasteiger partial charge is 0.370 e. The zero-order valence-electron chi connectivity index (χ0n) is 19.5. The van der Waals surface area contributed by atoms with Crippen molar-refractivity contribution >= 4 is 67.2 Å². The van der Waals surface area contributed by atoms with Crippen LogP contribution in [0.25, 0.3) is 0 Å². The molecule has 1 saturated heterocycles. The predicted octanol–water partition coefficient (Wildman–Crippen LogP) is -0.202. The highest BCUT2D eigenvalue weighted by atomic mass is 79.9. The molecule has 0 bridgehead atoms. The van der Waals surface area contributed by atoms with Crippen molar-refractivity contribution in [3.63, 3.8) is 0 Å². The van der Waals surface area contributed by atoms with Crippen LogP contribution in [-0.2, 0) is 0 Å². The monoisotopic (exact) mass is 668 g/mol. The number of nitrogens with two attached hydrogens (primary N) is 2. The summed E-state index contributed by atoms with van der Waals surface area (Å²) in [6, 6.07) is 5.21. The molecule has 4 aliphatic heterocycles. The van der Waals surface area contributed by atoms with Crippen LogP contribution in [0.4, 0.5) is 0 Å². The quantitative estimate of drug-likeness (QED) is 0.220. The van der Waals surface area contributed by atoms with Crippen LogP contribution in [0.3, 0.4) is 0 Å². The number of nitrogens with one attached hydrogen (secondary N) is 4. The van der Waals surface area contributed by atoms with E-state index in [1.54, 1.807) is 33.9 Å². The normalized spacial score (nSPS) is 38.2. The molecule has 0 aromatic carbocycles. The minimum Gasteiger partial charge on any atom is -0.370 e. The van der Waals surface area contributed by atoms with Gasteiger partial charge in [0.15, 0.2) is 30.0 Å². The van der Waals surface area contributed by atoms with Crippen molar-refractivity contribution in [3.8, 4) is 0 Å². The molecule has 2 spiro atoms. The summed E-state index contributed by atoms with van der Waals surface area (Å²) in [4.78, 5) is 40.3. The number of alkyl halides is 1. The number of aliphatic imine (C=N–C) groups is 2. The molecular formula is C22H23Br2ClN10O3. The predicted molar refractivity (Wildman–Crippen MR) is 144 cm³/mol. The number of H-pyrrole nitrogens is 1. The molecule has 2 fully saturated rings. The molecule has 7 rings (SSSR count). The molecule has 200 valence electrons. The molecular weight excluding hydrogens is 648 g/mol. The van der Waals surface area contributed by atoms with E-state index in [1.165, 1.54) is 0 Å². The lowest BCUT2D eigenvalue weighted by Crippen LogP contribution is -2.74. The Morgan fingerprint density at radius 1 is 1.29 bits per heavy atom. The van der Waals surface area contributed by atoms with E-state index in [2.05, 4.69) is 62.8 Å².